The van der Waals surface area contributed by atoms with Crippen molar-refractivity contribution in [2.75, 3.05) is 13.2 Å². The highest BCUT2D eigenvalue weighted by molar-refractivity contribution is 5.33. The SMILES string of the molecule is Cc1cc(C)c(C(C)NC2CCOC2)c(C)n1. The summed E-state index contributed by atoms with van der Waals surface area (Å²) in [7, 11) is 0. The lowest BCUT2D eigenvalue weighted by Crippen LogP contribution is -2.32. The molecule has 0 spiro atoms. The van der Waals surface area contributed by atoms with Crippen molar-refractivity contribution >= 4 is 0 Å². The maximum absolute atomic E-state index is 5.40. The molecule has 1 saturated heterocycles. The van der Waals surface area contributed by atoms with Crippen LogP contribution in [0.3, 0.4) is 0 Å². The monoisotopic (exact) mass is 234 g/mol. The zero-order chi connectivity index (χ0) is 12.4. The largest absolute Gasteiger partial charge is 0.380 e. The number of hydrogen-bond donors (Lipinski definition) is 1. The van der Waals surface area contributed by atoms with Gasteiger partial charge in [-0.2, -0.15) is 0 Å². The zero-order valence-corrected chi connectivity index (χ0v) is 11.2. The van der Waals surface area contributed by atoms with E-state index in [1.54, 1.807) is 0 Å². The molecule has 0 radical (unpaired) electrons. The maximum atomic E-state index is 5.40. The molecular formula is C14H22N2O. The first-order chi connectivity index (χ1) is 8.08. The minimum atomic E-state index is 0.342. The molecule has 0 aliphatic carbocycles. The molecule has 0 aromatic carbocycles. The van der Waals surface area contributed by atoms with Crippen molar-refractivity contribution in [2.45, 2.75) is 46.2 Å². The van der Waals surface area contributed by atoms with Crippen LogP contribution in [0.1, 0.15) is 41.9 Å². The third kappa shape index (κ3) is 2.85. The third-order valence-corrected chi connectivity index (χ3v) is 3.43. The van der Waals surface area contributed by atoms with Gasteiger partial charge in [0.1, 0.15) is 0 Å². The van der Waals surface area contributed by atoms with Crippen molar-refractivity contribution in [3.63, 3.8) is 0 Å². The van der Waals surface area contributed by atoms with E-state index in [0.717, 1.165) is 31.0 Å². The lowest BCUT2D eigenvalue weighted by atomic mass is 9.99. The fourth-order valence-electron chi connectivity index (χ4n) is 2.79. The molecule has 1 aromatic heterocycles. The van der Waals surface area contributed by atoms with Crippen LogP contribution in [-0.2, 0) is 4.74 Å². The molecule has 94 valence electrons. The predicted octanol–water partition coefficient (Wildman–Crippen LogP) is 2.45. The number of ether oxygens (including phenoxy) is 1. The molecule has 1 aromatic rings. The van der Waals surface area contributed by atoms with E-state index >= 15 is 0 Å². The van der Waals surface area contributed by atoms with Crippen LogP contribution in [0, 0.1) is 20.8 Å². The van der Waals surface area contributed by atoms with Gasteiger partial charge < -0.3 is 10.1 Å². The Labute approximate surface area is 104 Å². The van der Waals surface area contributed by atoms with Crippen LogP contribution in [-0.4, -0.2) is 24.2 Å². The highest BCUT2D eigenvalue weighted by Crippen LogP contribution is 2.22. The molecule has 1 aliphatic rings. The van der Waals surface area contributed by atoms with Gasteiger partial charge in [0.25, 0.3) is 0 Å². The fourth-order valence-corrected chi connectivity index (χ4v) is 2.79. The molecule has 2 rings (SSSR count). The molecule has 0 amide bonds. The minimum Gasteiger partial charge on any atom is -0.380 e. The number of nitrogens with zero attached hydrogens (tertiary/aromatic N) is 1. The van der Waals surface area contributed by atoms with Crippen LogP contribution < -0.4 is 5.32 Å². The Kier molecular flexibility index (Phi) is 3.79. The molecule has 2 heterocycles. The van der Waals surface area contributed by atoms with E-state index in [1.165, 1.54) is 11.1 Å². The summed E-state index contributed by atoms with van der Waals surface area (Å²) in [6, 6.07) is 2.99. The van der Waals surface area contributed by atoms with Crippen molar-refractivity contribution in [3.05, 3.63) is 28.6 Å². The fraction of sp³-hybridized carbons (Fsp3) is 0.643. The van der Waals surface area contributed by atoms with E-state index in [9.17, 15) is 0 Å². The van der Waals surface area contributed by atoms with Crippen LogP contribution >= 0.6 is 0 Å². The molecule has 1 aliphatic heterocycles. The van der Waals surface area contributed by atoms with Crippen LogP contribution in [0.2, 0.25) is 0 Å². The van der Waals surface area contributed by atoms with E-state index in [4.69, 9.17) is 4.74 Å². The van der Waals surface area contributed by atoms with E-state index in [2.05, 4.69) is 37.1 Å². The Hall–Kier alpha value is -0.930. The number of aromatic nitrogens is 1. The molecule has 3 heteroatoms. The Morgan fingerprint density at radius 2 is 2.18 bits per heavy atom. The maximum Gasteiger partial charge on any atom is 0.0620 e. The Bertz CT molecular complexity index is 374. The second kappa shape index (κ2) is 5.15. The standard InChI is InChI=1S/C14H22N2O/c1-9-7-10(2)15-11(3)14(9)12(4)16-13-5-6-17-8-13/h7,12-13,16H,5-6,8H2,1-4H3. The van der Waals surface area contributed by atoms with Gasteiger partial charge in [0.05, 0.1) is 6.61 Å². The van der Waals surface area contributed by atoms with Crippen LogP contribution in [0.15, 0.2) is 6.07 Å². The van der Waals surface area contributed by atoms with Crippen molar-refractivity contribution in [1.29, 1.82) is 0 Å². The summed E-state index contributed by atoms with van der Waals surface area (Å²) in [4.78, 5) is 4.56. The van der Waals surface area contributed by atoms with E-state index in [0.29, 0.717) is 12.1 Å². The molecule has 1 N–H and O–H groups in total. The molecule has 2 unspecified atom stereocenters. The predicted molar refractivity (Wildman–Crippen MR) is 69.2 cm³/mol. The second-order valence-electron chi connectivity index (χ2n) is 5.03. The van der Waals surface area contributed by atoms with Gasteiger partial charge in [-0.25, -0.2) is 0 Å². The van der Waals surface area contributed by atoms with Gasteiger partial charge >= 0.3 is 0 Å². The smallest absolute Gasteiger partial charge is 0.0620 e. The molecule has 0 saturated carbocycles. The summed E-state index contributed by atoms with van der Waals surface area (Å²) in [5.41, 5.74) is 4.90. The van der Waals surface area contributed by atoms with Crippen molar-refractivity contribution in [3.8, 4) is 0 Å². The summed E-state index contributed by atoms with van der Waals surface area (Å²) in [5.74, 6) is 0. The summed E-state index contributed by atoms with van der Waals surface area (Å²) < 4.78 is 5.40. The molecule has 17 heavy (non-hydrogen) atoms. The summed E-state index contributed by atoms with van der Waals surface area (Å²) in [6.07, 6.45) is 1.11. The quantitative estimate of drug-likeness (QED) is 0.872. The van der Waals surface area contributed by atoms with Crippen LogP contribution in [0.5, 0.6) is 0 Å². The summed E-state index contributed by atoms with van der Waals surface area (Å²) in [5, 5.41) is 3.63. The van der Waals surface area contributed by atoms with Gasteiger partial charge in [0.15, 0.2) is 0 Å². The molecule has 1 fully saturated rings. The van der Waals surface area contributed by atoms with E-state index < -0.39 is 0 Å². The molecular weight excluding hydrogens is 212 g/mol. The lowest BCUT2D eigenvalue weighted by Gasteiger charge is -2.22. The number of pyridine rings is 1. The number of hydrogen-bond acceptors (Lipinski definition) is 3. The van der Waals surface area contributed by atoms with Gasteiger partial charge in [0.2, 0.25) is 0 Å². The highest BCUT2D eigenvalue weighted by Gasteiger charge is 2.20. The zero-order valence-electron chi connectivity index (χ0n) is 11.2. The molecule has 0 bridgehead atoms. The lowest BCUT2D eigenvalue weighted by molar-refractivity contribution is 0.188. The van der Waals surface area contributed by atoms with Gasteiger partial charge in [-0.15, -0.1) is 0 Å². The van der Waals surface area contributed by atoms with E-state index in [-0.39, 0.29) is 0 Å². The normalized spacial score (nSPS) is 21.8. The summed E-state index contributed by atoms with van der Waals surface area (Å²) in [6.45, 7) is 10.2. The van der Waals surface area contributed by atoms with Crippen LogP contribution in [0.4, 0.5) is 0 Å². The average Bonchev–Trinajstić information content (AvgIpc) is 2.68. The first-order valence-electron chi connectivity index (χ1n) is 6.36. The number of aryl methyl sites for hydroxylation is 3. The van der Waals surface area contributed by atoms with Crippen molar-refractivity contribution in [1.82, 2.24) is 10.3 Å². The number of nitrogens with one attached hydrogen (secondary N) is 1. The van der Waals surface area contributed by atoms with Crippen molar-refractivity contribution in [2.24, 2.45) is 0 Å². The van der Waals surface area contributed by atoms with Gasteiger partial charge in [-0.05, 0) is 51.3 Å². The van der Waals surface area contributed by atoms with Crippen LogP contribution in [0.25, 0.3) is 0 Å². The topological polar surface area (TPSA) is 34.1 Å². The average molecular weight is 234 g/mol. The Morgan fingerprint density at radius 3 is 2.76 bits per heavy atom. The Balaban J connectivity index is 2.15. The van der Waals surface area contributed by atoms with Gasteiger partial charge in [-0.3, -0.25) is 4.98 Å². The minimum absolute atomic E-state index is 0.342. The Morgan fingerprint density at radius 1 is 1.41 bits per heavy atom. The first-order valence-corrected chi connectivity index (χ1v) is 6.36. The first kappa shape index (κ1) is 12.5. The van der Waals surface area contributed by atoms with Gasteiger partial charge in [0, 0.05) is 30.1 Å². The molecule has 2 atom stereocenters. The van der Waals surface area contributed by atoms with Crippen molar-refractivity contribution < 1.29 is 4.74 Å². The summed E-state index contributed by atoms with van der Waals surface area (Å²) >= 11 is 0. The molecule has 3 nitrogen and oxygen atoms in total. The highest BCUT2D eigenvalue weighted by atomic mass is 16.5. The number of rotatable bonds is 3. The third-order valence-electron chi connectivity index (χ3n) is 3.43. The van der Waals surface area contributed by atoms with E-state index in [1.807, 2.05) is 6.92 Å². The van der Waals surface area contributed by atoms with Gasteiger partial charge in [-0.1, -0.05) is 0 Å². The second-order valence-corrected chi connectivity index (χ2v) is 5.03.